The maximum Gasteiger partial charge on any atom is 0.397 e. The van der Waals surface area contributed by atoms with E-state index in [1.807, 2.05) is 55.4 Å². The third kappa shape index (κ3) is 29.3. The van der Waals surface area contributed by atoms with Crippen LogP contribution in [0.2, 0.25) is 0 Å². The smallest absolute Gasteiger partial charge is 0.381 e. The molecule has 2 N–H and O–H groups in total. The zero-order valence-electron chi connectivity index (χ0n) is 35.5. The number of hydrogen-bond acceptors (Lipinski definition) is 14. The molecule has 332 valence electrons. The van der Waals surface area contributed by atoms with Crippen molar-refractivity contribution in [3.8, 4) is 0 Å². The van der Waals surface area contributed by atoms with Crippen LogP contribution in [0.15, 0.2) is 0 Å². The average molecular weight is 841 g/mol. The van der Waals surface area contributed by atoms with Crippen molar-refractivity contribution in [2.24, 2.45) is 27.1 Å². The largest absolute Gasteiger partial charge is 0.397 e. The number of hydrogen-bond donors (Lipinski definition) is 2. The molecule has 0 amide bonds. The van der Waals surface area contributed by atoms with Crippen LogP contribution < -0.4 is 0 Å². The van der Waals surface area contributed by atoms with Gasteiger partial charge in [-0.2, -0.15) is 16.8 Å². The second-order valence-corrected chi connectivity index (χ2v) is 19.2. The minimum atomic E-state index is -4.63. The van der Waals surface area contributed by atoms with Gasteiger partial charge in [-0.05, 0) is 25.7 Å². The highest BCUT2D eigenvalue weighted by molar-refractivity contribution is 7.81. The maximum absolute atomic E-state index is 11.3. The molecule has 0 saturated carbocycles. The molecule has 0 aromatic rings. The molecule has 0 aliphatic carbocycles. The van der Waals surface area contributed by atoms with Gasteiger partial charge in [0.25, 0.3) is 0 Å². The van der Waals surface area contributed by atoms with Crippen LogP contribution in [0.4, 0.5) is 0 Å². The summed E-state index contributed by atoms with van der Waals surface area (Å²) in [6.07, 6.45) is 3.28. The molecule has 0 rings (SSSR count). The van der Waals surface area contributed by atoms with Crippen LogP contribution in [-0.4, -0.2) is 145 Å². The second kappa shape index (κ2) is 27.2. The Morgan fingerprint density at radius 2 is 0.545 bits per heavy atom. The van der Waals surface area contributed by atoms with Crippen LogP contribution in [0.3, 0.4) is 0 Å². The van der Waals surface area contributed by atoms with Gasteiger partial charge in [0.05, 0.1) is 92.5 Å². The normalized spacial score (nSPS) is 17.4. The Balaban J connectivity index is 5.42. The van der Waals surface area contributed by atoms with Crippen LogP contribution in [-0.2, 0) is 67.1 Å². The molecular formula is C37H76O16S2. The average Bonchev–Trinajstić information content (AvgIpc) is 3.06. The van der Waals surface area contributed by atoms with Gasteiger partial charge in [0, 0.05) is 53.5 Å². The Bertz CT molecular complexity index is 1110. The zero-order valence-corrected chi connectivity index (χ0v) is 37.1. The van der Waals surface area contributed by atoms with Crippen LogP contribution in [0.25, 0.3) is 0 Å². The second-order valence-electron chi connectivity index (χ2n) is 17.0. The molecule has 0 spiro atoms. The highest BCUT2D eigenvalue weighted by Gasteiger charge is 2.34. The number of ether oxygens (including phenoxy) is 8. The lowest BCUT2D eigenvalue weighted by Crippen LogP contribution is -2.41. The summed E-state index contributed by atoms with van der Waals surface area (Å²) in [7, 11) is -9.26. The van der Waals surface area contributed by atoms with Crippen LogP contribution in [0.5, 0.6) is 0 Å². The van der Waals surface area contributed by atoms with Gasteiger partial charge < -0.3 is 37.9 Å². The van der Waals surface area contributed by atoms with Gasteiger partial charge in [0.15, 0.2) is 0 Å². The summed E-state index contributed by atoms with van der Waals surface area (Å²) < 4.78 is 121. The quantitative estimate of drug-likeness (QED) is 0.0587. The van der Waals surface area contributed by atoms with E-state index in [4.69, 9.17) is 55.4 Å². The van der Waals surface area contributed by atoms with E-state index in [9.17, 15) is 16.8 Å². The molecule has 0 bridgehead atoms. The lowest BCUT2D eigenvalue weighted by atomic mass is 9.91. The third-order valence-electron chi connectivity index (χ3n) is 8.00. The van der Waals surface area contributed by atoms with Crippen molar-refractivity contribution >= 4 is 20.8 Å². The van der Waals surface area contributed by atoms with Crippen molar-refractivity contribution in [2.45, 2.75) is 94.9 Å². The lowest BCUT2D eigenvalue weighted by molar-refractivity contribution is -0.111. The first-order valence-corrected chi connectivity index (χ1v) is 22.1. The van der Waals surface area contributed by atoms with Crippen molar-refractivity contribution in [1.82, 2.24) is 0 Å². The lowest BCUT2D eigenvalue weighted by Gasteiger charge is -2.35. The van der Waals surface area contributed by atoms with Crippen LogP contribution in [0, 0.1) is 27.1 Å². The summed E-state index contributed by atoms with van der Waals surface area (Å²) >= 11 is 0. The molecule has 0 aliphatic rings. The highest BCUT2D eigenvalue weighted by atomic mass is 32.3. The third-order valence-corrected chi connectivity index (χ3v) is 8.83. The maximum atomic E-state index is 11.3. The molecule has 16 nitrogen and oxygen atoms in total. The summed E-state index contributed by atoms with van der Waals surface area (Å²) in [6, 6.07) is 0. The van der Waals surface area contributed by atoms with Gasteiger partial charge in [0.1, 0.15) is 0 Å². The minimum absolute atomic E-state index is 0.115. The van der Waals surface area contributed by atoms with E-state index in [0.717, 1.165) is 25.7 Å². The van der Waals surface area contributed by atoms with E-state index in [1.165, 1.54) is 0 Å². The van der Waals surface area contributed by atoms with Crippen molar-refractivity contribution in [3.63, 3.8) is 0 Å². The molecule has 0 aromatic carbocycles. The first-order valence-electron chi connectivity index (χ1n) is 19.3. The van der Waals surface area contributed by atoms with Gasteiger partial charge >= 0.3 is 20.8 Å². The zero-order chi connectivity index (χ0) is 42.1. The monoisotopic (exact) mass is 840 g/mol. The van der Waals surface area contributed by atoms with E-state index in [-0.39, 0.29) is 58.3 Å². The van der Waals surface area contributed by atoms with Crippen LogP contribution >= 0.6 is 0 Å². The Morgan fingerprint density at radius 3 is 0.764 bits per heavy atom. The fourth-order valence-electron chi connectivity index (χ4n) is 5.06. The molecule has 55 heavy (non-hydrogen) atoms. The molecule has 0 radical (unpaired) electrons. The molecule has 0 aromatic heterocycles. The van der Waals surface area contributed by atoms with Gasteiger partial charge in [-0.15, -0.1) is 0 Å². The SMILES string of the molecule is CCCOCC(C)(COCC(C)(C)COCC(C)(COCCC)COCC(C)(COCCC)COS(=O)(=O)O)COCC(C)(COCCC)COS(=O)(=O)O. The highest BCUT2D eigenvalue weighted by Crippen LogP contribution is 2.27. The van der Waals surface area contributed by atoms with Crippen molar-refractivity contribution < 1.29 is 72.2 Å². The first-order chi connectivity index (χ1) is 25.5. The van der Waals surface area contributed by atoms with E-state index in [2.05, 4.69) is 0 Å². The summed E-state index contributed by atoms with van der Waals surface area (Å²) in [4.78, 5) is 0. The Labute approximate surface area is 333 Å². The van der Waals surface area contributed by atoms with E-state index in [1.54, 1.807) is 13.8 Å². The fourth-order valence-corrected chi connectivity index (χ4v) is 5.93. The van der Waals surface area contributed by atoms with Gasteiger partial charge in [-0.3, -0.25) is 9.11 Å². The first kappa shape index (κ1) is 54.4. The number of rotatable bonds is 38. The molecule has 0 fully saturated rings. The molecule has 18 heteroatoms. The van der Waals surface area contributed by atoms with Gasteiger partial charge in [-0.25, -0.2) is 8.37 Å². The molecular weight excluding hydrogens is 765 g/mol. The van der Waals surface area contributed by atoms with Gasteiger partial charge in [-0.1, -0.05) is 69.2 Å². The van der Waals surface area contributed by atoms with Crippen molar-refractivity contribution in [2.75, 3.05) is 119 Å². The standard InChI is InChI=1S/C37H76O16S2/c1-11-15-44-21-34(7,27-50-29-36(9,23-46-17-13-3)31-52-54(38,39)40)25-48-19-33(5,6)20-49-26-35(8,22-45-16-12-2)28-51-30-37(10,24-47-18-14-4)32-53-55(41,42)43/h11-32H2,1-10H3,(H,38,39,40)(H,41,42,43). The van der Waals surface area contributed by atoms with Gasteiger partial charge in [0.2, 0.25) is 0 Å². The van der Waals surface area contributed by atoms with Crippen molar-refractivity contribution in [1.29, 1.82) is 0 Å². The van der Waals surface area contributed by atoms with E-state index in [0.29, 0.717) is 66.1 Å². The van der Waals surface area contributed by atoms with Crippen LogP contribution in [0.1, 0.15) is 94.9 Å². The Hall–Kier alpha value is -0.580. The summed E-state index contributed by atoms with van der Waals surface area (Å²) in [5.41, 5.74) is -3.11. The predicted octanol–water partition coefficient (Wildman–Crippen LogP) is 5.45. The molecule has 0 heterocycles. The Morgan fingerprint density at radius 1 is 0.345 bits per heavy atom. The van der Waals surface area contributed by atoms with E-state index >= 15 is 0 Å². The van der Waals surface area contributed by atoms with Crippen molar-refractivity contribution in [3.05, 3.63) is 0 Å². The Kier molecular flexibility index (Phi) is 26.9. The summed E-state index contributed by atoms with van der Waals surface area (Å²) in [5.74, 6) is 0. The summed E-state index contributed by atoms with van der Waals surface area (Å²) in [6.45, 7) is 24.4. The molecule has 0 saturated heterocycles. The molecule has 0 aliphatic heterocycles. The molecule has 4 atom stereocenters. The topological polar surface area (TPSA) is 201 Å². The minimum Gasteiger partial charge on any atom is -0.381 e. The molecule has 4 unspecified atom stereocenters. The predicted molar refractivity (Wildman–Crippen MR) is 209 cm³/mol. The fraction of sp³-hybridized carbons (Fsp3) is 1.00. The van der Waals surface area contributed by atoms with E-state index < -0.39 is 42.5 Å². The summed E-state index contributed by atoms with van der Waals surface area (Å²) in [5, 5.41) is 0.